The van der Waals surface area contributed by atoms with Gasteiger partial charge in [-0.3, -0.25) is 9.36 Å². The summed E-state index contributed by atoms with van der Waals surface area (Å²) in [6.45, 7) is 2.17. The zero-order chi connectivity index (χ0) is 10.4. The molecule has 2 aromatic heterocycles. The smallest absolute Gasteiger partial charge is 0.300 e. The van der Waals surface area contributed by atoms with E-state index < -0.39 is 0 Å². The molecule has 0 saturated heterocycles. The van der Waals surface area contributed by atoms with E-state index in [1.807, 2.05) is 0 Å². The standard InChI is InChI=1S/C8H7IN4O2/c9-12-1-2-13-6(4-12)11-5-3-10-15-7(5)8(13)14/h3H,1-2,4H2. The maximum absolute atomic E-state index is 11.9. The third kappa shape index (κ3) is 1.37. The largest absolute Gasteiger partial charge is 0.349 e. The maximum atomic E-state index is 11.9. The molecular formula is C8H7IN4O2. The first-order valence-electron chi connectivity index (χ1n) is 4.50. The Kier molecular flexibility index (Phi) is 2.02. The Morgan fingerprint density at radius 2 is 2.33 bits per heavy atom. The van der Waals surface area contributed by atoms with Gasteiger partial charge in [-0.1, -0.05) is 5.16 Å². The third-order valence-corrected chi connectivity index (χ3v) is 3.25. The van der Waals surface area contributed by atoms with E-state index >= 15 is 0 Å². The van der Waals surface area contributed by atoms with Crippen LogP contribution in [0.1, 0.15) is 5.82 Å². The molecular weight excluding hydrogens is 311 g/mol. The van der Waals surface area contributed by atoms with E-state index in [-0.39, 0.29) is 11.1 Å². The Hall–Kier alpha value is -0.960. The molecule has 78 valence electrons. The zero-order valence-electron chi connectivity index (χ0n) is 7.68. The second kappa shape index (κ2) is 3.27. The highest BCUT2D eigenvalue weighted by Gasteiger charge is 2.19. The quantitative estimate of drug-likeness (QED) is 0.524. The summed E-state index contributed by atoms with van der Waals surface area (Å²) in [7, 11) is 0. The number of aromatic nitrogens is 3. The molecule has 15 heavy (non-hydrogen) atoms. The third-order valence-electron chi connectivity index (χ3n) is 2.43. The van der Waals surface area contributed by atoms with Crippen LogP contribution >= 0.6 is 22.9 Å². The Morgan fingerprint density at radius 3 is 3.20 bits per heavy atom. The van der Waals surface area contributed by atoms with Gasteiger partial charge in [0.25, 0.3) is 5.56 Å². The number of hydrogen-bond acceptors (Lipinski definition) is 5. The van der Waals surface area contributed by atoms with Gasteiger partial charge in [-0.25, -0.2) is 8.10 Å². The molecule has 0 atom stereocenters. The van der Waals surface area contributed by atoms with Crippen molar-refractivity contribution in [3.8, 4) is 0 Å². The van der Waals surface area contributed by atoms with Crippen LogP contribution in [0.15, 0.2) is 15.5 Å². The lowest BCUT2D eigenvalue weighted by Crippen LogP contribution is -2.35. The summed E-state index contributed by atoms with van der Waals surface area (Å²) < 4.78 is 8.63. The van der Waals surface area contributed by atoms with Crippen LogP contribution < -0.4 is 5.56 Å². The molecule has 0 N–H and O–H groups in total. The highest BCUT2D eigenvalue weighted by atomic mass is 127. The van der Waals surface area contributed by atoms with Crippen LogP contribution in [0.3, 0.4) is 0 Å². The lowest BCUT2D eigenvalue weighted by atomic mass is 10.3. The van der Waals surface area contributed by atoms with Gasteiger partial charge < -0.3 is 4.52 Å². The molecule has 0 unspecified atom stereocenters. The molecule has 0 radical (unpaired) electrons. The number of halogens is 1. The second-order valence-electron chi connectivity index (χ2n) is 3.37. The average molecular weight is 318 g/mol. The van der Waals surface area contributed by atoms with Crippen molar-refractivity contribution in [1.29, 1.82) is 0 Å². The molecule has 0 spiro atoms. The molecule has 0 saturated carbocycles. The first-order valence-corrected chi connectivity index (χ1v) is 5.47. The van der Waals surface area contributed by atoms with Gasteiger partial charge in [-0.15, -0.1) is 0 Å². The van der Waals surface area contributed by atoms with E-state index in [0.717, 1.165) is 12.4 Å². The highest BCUT2D eigenvalue weighted by Crippen LogP contribution is 2.14. The van der Waals surface area contributed by atoms with Crippen LogP contribution in [0.2, 0.25) is 0 Å². The molecule has 1 aliphatic rings. The Morgan fingerprint density at radius 1 is 1.47 bits per heavy atom. The summed E-state index contributed by atoms with van der Waals surface area (Å²) in [5.74, 6) is 0.774. The Labute approximate surface area is 98.4 Å². The second-order valence-corrected chi connectivity index (χ2v) is 4.73. The van der Waals surface area contributed by atoms with Gasteiger partial charge >= 0.3 is 0 Å². The van der Waals surface area contributed by atoms with E-state index in [4.69, 9.17) is 4.52 Å². The summed E-state index contributed by atoms with van der Waals surface area (Å²) in [4.78, 5) is 16.3. The normalized spacial score (nSPS) is 16.9. The van der Waals surface area contributed by atoms with Gasteiger partial charge in [-0.2, -0.15) is 0 Å². The molecule has 6 nitrogen and oxygen atoms in total. The summed E-state index contributed by atoms with van der Waals surface area (Å²) in [6, 6.07) is 0. The fourth-order valence-electron chi connectivity index (χ4n) is 1.69. The fourth-order valence-corrected chi connectivity index (χ4v) is 2.21. The maximum Gasteiger partial charge on any atom is 0.300 e. The highest BCUT2D eigenvalue weighted by molar-refractivity contribution is 14.1. The van der Waals surface area contributed by atoms with Crippen molar-refractivity contribution in [2.75, 3.05) is 6.54 Å². The molecule has 2 aromatic rings. The molecule has 3 rings (SSSR count). The van der Waals surface area contributed by atoms with E-state index in [1.54, 1.807) is 4.57 Å². The van der Waals surface area contributed by atoms with E-state index in [2.05, 4.69) is 36.1 Å². The topological polar surface area (TPSA) is 64.2 Å². The van der Waals surface area contributed by atoms with Crippen LogP contribution in [0.25, 0.3) is 11.1 Å². The zero-order valence-corrected chi connectivity index (χ0v) is 9.84. The van der Waals surface area contributed by atoms with Crippen molar-refractivity contribution in [1.82, 2.24) is 17.8 Å². The van der Waals surface area contributed by atoms with Crippen molar-refractivity contribution in [2.45, 2.75) is 13.1 Å². The molecule has 0 fully saturated rings. The number of hydrogen-bond donors (Lipinski definition) is 0. The van der Waals surface area contributed by atoms with E-state index in [9.17, 15) is 4.79 Å². The van der Waals surface area contributed by atoms with Gasteiger partial charge in [0.15, 0.2) is 0 Å². The van der Waals surface area contributed by atoms with Gasteiger partial charge in [0.05, 0.1) is 12.7 Å². The minimum atomic E-state index is -0.128. The number of fused-ring (bicyclic) bond motifs is 2. The van der Waals surface area contributed by atoms with Crippen molar-refractivity contribution in [3.63, 3.8) is 0 Å². The molecule has 0 bridgehead atoms. The van der Waals surface area contributed by atoms with Gasteiger partial charge in [0, 0.05) is 36.0 Å². The fraction of sp³-hybridized carbons (Fsp3) is 0.375. The lowest BCUT2D eigenvalue weighted by molar-refractivity contribution is 0.378. The van der Waals surface area contributed by atoms with Gasteiger partial charge in [-0.05, 0) is 0 Å². The molecule has 3 heterocycles. The minimum Gasteiger partial charge on any atom is -0.349 e. The summed E-state index contributed by atoms with van der Waals surface area (Å²) in [5.41, 5.74) is 0.663. The minimum absolute atomic E-state index is 0.128. The lowest BCUT2D eigenvalue weighted by Gasteiger charge is -2.23. The summed E-state index contributed by atoms with van der Waals surface area (Å²) in [5, 5.41) is 3.59. The van der Waals surface area contributed by atoms with Gasteiger partial charge in [0.2, 0.25) is 5.58 Å². The molecule has 0 aromatic carbocycles. The van der Waals surface area contributed by atoms with E-state index in [0.29, 0.717) is 18.6 Å². The van der Waals surface area contributed by atoms with Crippen molar-refractivity contribution in [2.24, 2.45) is 0 Å². The van der Waals surface area contributed by atoms with Crippen LogP contribution in [0, 0.1) is 0 Å². The van der Waals surface area contributed by atoms with Crippen LogP contribution in [0.5, 0.6) is 0 Å². The van der Waals surface area contributed by atoms with Crippen molar-refractivity contribution in [3.05, 3.63) is 22.4 Å². The van der Waals surface area contributed by atoms with E-state index in [1.165, 1.54) is 6.20 Å². The molecule has 7 heteroatoms. The average Bonchev–Trinajstić information content (AvgIpc) is 2.65. The van der Waals surface area contributed by atoms with Gasteiger partial charge in [0.1, 0.15) is 11.3 Å². The Balaban J connectivity index is 2.33. The van der Waals surface area contributed by atoms with Crippen LogP contribution in [-0.2, 0) is 13.1 Å². The molecule has 0 amide bonds. The summed E-state index contributed by atoms with van der Waals surface area (Å²) >= 11 is 2.23. The monoisotopic (exact) mass is 318 g/mol. The molecule has 1 aliphatic heterocycles. The SMILES string of the molecule is O=c1c2oncc2nc2n1CCN(I)C2. The van der Waals surface area contributed by atoms with Crippen LogP contribution in [0.4, 0.5) is 0 Å². The van der Waals surface area contributed by atoms with Crippen molar-refractivity contribution < 1.29 is 4.52 Å². The predicted molar refractivity (Wildman–Crippen MR) is 60.5 cm³/mol. The first kappa shape index (κ1) is 9.28. The van der Waals surface area contributed by atoms with Crippen LogP contribution in [-0.4, -0.2) is 24.4 Å². The number of nitrogens with zero attached hydrogens (tertiary/aromatic N) is 4. The number of rotatable bonds is 0. The Bertz CT molecular complexity index is 576. The van der Waals surface area contributed by atoms with Crippen molar-refractivity contribution >= 4 is 34.0 Å². The predicted octanol–water partition coefficient (Wildman–Crippen LogP) is 0.550. The summed E-state index contributed by atoms with van der Waals surface area (Å²) in [6.07, 6.45) is 1.48. The first-order chi connectivity index (χ1) is 7.25. The molecule has 0 aliphatic carbocycles.